The number of carbonyl (C=O) groups is 5. The summed E-state index contributed by atoms with van der Waals surface area (Å²) >= 11 is 0. The zero-order valence-corrected chi connectivity index (χ0v) is 49.4. The molecule has 19 heteroatoms. The third-order valence-corrected chi connectivity index (χ3v) is 28.2. The maximum atomic E-state index is 14.3. The molecule has 3 aliphatic heterocycles. The van der Waals surface area contributed by atoms with E-state index in [1.165, 1.54) is 48.5 Å². The molecule has 0 aliphatic carbocycles. The van der Waals surface area contributed by atoms with Crippen LogP contribution < -0.4 is 13.6 Å². The second kappa shape index (κ2) is 22.9. The summed E-state index contributed by atoms with van der Waals surface area (Å²) in [7, 11) is -3.21. The third kappa shape index (κ3) is 10.5. The zero-order chi connectivity index (χ0) is 57.6. The van der Waals surface area contributed by atoms with Gasteiger partial charge in [-0.3, -0.25) is 38.9 Å². The number of hydrogen-bond donors (Lipinski definition) is 1. The van der Waals surface area contributed by atoms with Crippen LogP contribution in [0.3, 0.4) is 0 Å². The zero-order valence-electron chi connectivity index (χ0n) is 47.4. The van der Waals surface area contributed by atoms with Crippen molar-refractivity contribution in [3.8, 4) is 23.0 Å². The first kappa shape index (κ1) is 58.1. The Morgan fingerprint density at radius 2 is 0.886 bits per heavy atom. The van der Waals surface area contributed by atoms with Gasteiger partial charge in [0.1, 0.15) is 45.5 Å². The molecule has 9 rings (SSSR count). The quantitative estimate of drug-likeness (QED) is 0.0763. The molecule has 2 aromatic heterocycles. The van der Waals surface area contributed by atoms with Crippen LogP contribution in [0.5, 0.6) is 23.0 Å². The first-order valence-corrected chi connectivity index (χ1v) is 31.5. The van der Waals surface area contributed by atoms with E-state index < -0.39 is 58.0 Å². The summed E-state index contributed by atoms with van der Waals surface area (Å²) in [6.07, 6.45) is 2.60. The van der Waals surface area contributed by atoms with E-state index in [1.807, 2.05) is 7.05 Å². The van der Waals surface area contributed by atoms with Gasteiger partial charge in [0.2, 0.25) is 0 Å². The molecule has 0 radical (unpaired) electrons. The van der Waals surface area contributed by atoms with Crippen molar-refractivity contribution < 1.29 is 51.4 Å². The van der Waals surface area contributed by atoms with Gasteiger partial charge in [-0.25, -0.2) is 13.6 Å². The number of carbonyl (C=O) groups excluding carboxylic acids is 5. The summed E-state index contributed by atoms with van der Waals surface area (Å²) in [5.41, 5.74) is 3.14. The number of fused-ring (bicyclic) bond motifs is 4. The highest BCUT2D eigenvalue weighted by Gasteiger charge is 2.52. The predicted molar refractivity (Wildman–Crippen MR) is 305 cm³/mol. The van der Waals surface area contributed by atoms with Crippen LogP contribution in [0.15, 0.2) is 85.2 Å². The van der Waals surface area contributed by atoms with Crippen molar-refractivity contribution in [2.75, 3.05) is 33.2 Å². The molecule has 4 aromatic carbocycles. The molecule has 418 valence electrons. The normalized spacial score (nSPS) is 15.2. The van der Waals surface area contributed by atoms with Gasteiger partial charge in [0.25, 0.3) is 40.3 Å². The highest BCUT2D eigenvalue weighted by atomic mass is 28.4. The van der Waals surface area contributed by atoms with Crippen LogP contribution in [0, 0.1) is 11.6 Å². The molecule has 5 heterocycles. The molecule has 0 atom stereocenters. The smallest absolute Gasteiger partial charge is 0.415 e. The molecule has 3 aliphatic rings. The second-order valence-corrected chi connectivity index (χ2v) is 33.5. The highest BCUT2D eigenvalue weighted by molar-refractivity contribution is 6.79. The predicted octanol–water partition coefficient (Wildman–Crippen LogP) is 12.9. The van der Waals surface area contributed by atoms with Gasteiger partial charge in [-0.2, -0.15) is 0 Å². The van der Waals surface area contributed by atoms with Gasteiger partial charge in [0, 0.05) is 49.3 Å². The van der Waals surface area contributed by atoms with Crippen LogP contribution in [0.25, 0.3) is 21.8 Å². The minimum atomic E-state index is -2.65. The highest BCUT2D eigenvalue weighted by Crippen LogP contribution is 2.52. The molecule has 0 bridgehead atoms. The van der Waals surface area contributed by atoms with E-state index in [-0.39, 0.29) is 91.6 Å². The standard InChI is InChI=1S/C33H41FN4O5Si.C27H31FN2O4Si/c1-20(2)44(21(3)4,22(5)6)43-30-27-26(31(39)38(32(27)40)19-23-10-12-24(34)13-11-23)29(25-9-8-14-35-28(25)30)42-33(41)37-17-15-36(7)16-18-37;1-15(2)35(16(3)4,17(5)6)34-25-22-21(24(31)20-8-7-13-29-23(20)25)26(32)30(27(22)33)14-18-9-11-19(28)12-10-18/h8-14,20-22H,15-19H2,1-7H3;7-13,15-17,31H,14H2,1-6H3. The van der Waals surface area contributed by atoms with Gasteiger partial charge < -0.3 is 28.5 Å². The lowest BCUT2D eigenvalue weighted by Crippen LogP contribution is -2.51. The van der Waals surface area contributed by atoms with E-state index in [4.69, 9.17) is 13.6 Å². The van der Waals surface area contributed by atoms with Crippen LogP contribution in [-0.2, 0) is 13.1 Å². The fraction of sp³-hybridized carbons (Fsp3) is 0.417. The van der Waals surface area contributed by atoms with E-state index in [0.29, 0.717) is 59.1 Å². The van der Waals surface area contributed by atoms with Gasteiger partial charge in [0.05, 0.1) is 29.8 Å². The second-order valence-electron chi connectivity index (χ2n) is 22.8. The Labute approximate surface area is 463 Å². The largest absolute Gasteiger partial charge is 0.541 e. The minimum Gasteiger partial charge on any atom is -0.541 e. The van der Waals surface area contributed by atoms with Crippen molar-refractivity contribution in [2.24, 2.45) is 0 Å². The van der Waals surface area contributed by atoms with Crippen molar-refractivity contribution >= 4 is 68.2 Å². The van der Waals surface area contributed by atoms with Gasteiger partial charge in [-0.1, -0.05) is 107 Å². The molecular formula is C60H72F2N6O9Si2. The number of phenolic OH excluding ortho intramolecular Hbond substituents is 1. The summed E-state index contributed by atoms with van der Waals surface area (Å²) in [4.78, 5) is 84.2. The van der Waals surface area contributed by atoms with Crippen LogP contribution >= 0.6 is 0 Å². The molecule has 79 heavy (non-hydrogen) atoms. The Morgan fingerprint density at radius 1 is 0.532 bits per heavy atom. The molecule has 5 amide bonds. The van der Waals surface area contributed by atoms with Gasteiger partial charge in [-0.15, -0.1) is 0 Å². The fourth-order valence-corrected chi connectivity index (χ4v) is 22.9. The summed E-state index contributed by atoms with van der Waals surface area (Å²) in [6.45, 7) is 27.9. The number of pyridine rings is 2. The number of piperazine rings is 1. The van der Waals surface area contributed by atoms with Crippen LogP contribution in [-0.4, -0.2) is 114 Å². The number of hydrogen-bond acceptors (Lipinski definition) is 12. The summed E-state index contributed by atoms with van der Waals surface area (Å²) in [5, 5.41) is 11.9. The average molecular weight is 1120 g/mol. The van der Waals surface area contributed by atoms with E-state index in [1.54, 1.807) is 41.6 Å². The Balaban J connectivity index is 0.000000214. The Hall–Kier alpha value is -7.10. The molecule has 0 unspecified atom stereocenters. The maximum Gasteiger partial charge on any atom is 0.415 e. The summed E-state index contributed by atoms with van der Waals surface area (Å²) < 4.78 is 47.2. The van der Waals surface area contributed by atoms with Crippen molar-refractivity contribution in [3.05, 3.63) is 130 Å². The van der Waals surface area contributed by atoms with E-state index in [0.717, 1.165) is 9.80 Å². The number of benzene rings is 4. The number of amides is 5. The number of aromatic nitrogens is 2. The Bertz CT molecular complexity index is 3280. The van der Waals surface area contributed by atoms with E-state index in [9.17, 15) is 37.9 Å². The number of halogens is 2. The third-order valence-electron chi connectivity index (χ3n) is 16.2. The molecule has 0 saturated carbocycles. The molecule has 1 saturated heterocycles. The summed E-state index contributed by atoms with van der Waals surface area (Å²) in [5.74, 6) is -2.87. The molecule has 6 aromatic rings. The first-order valence-electron chi connectivity index (χ1n) is 27.2. The summed E-state index contributed by atoms with van der Waals surface area (Å²) in [6, 6.07) is 18.1. The Morgan fingerprint density at radius 3 is 1.29 bits per heavy atom. The van der Waals surface area contributed by atoms with Gasteiger partial charge in [0.15, 0.2) is 5.75 Å². The SMILES string of the molecule is CC(C)[Si](Oc1c2c(c(O)c3cccnc13)C(=O)N(Cc1ccc(F)cc1)C2=O)(C(C)C)C(C)C.CC(C)[Si](Oc1c2c(c(OC(=O)N3CCN(C)CC3)c3cccnc13)C(=O)N(Cc1ccc(F)cc1)C2=O)(C(C)C)C(C)C. The van der Waals surface area contributed by atoms with Crippen LogP contribution in [0.2, 0.25) is 33.2 Å². The molecule has 1 N–H and O–H groups in total. The molecular weight excluding hydrogens is 1040 g/mol. The van der Waals surface area contributed by atoms with Crippen molar-refractivity contribution in [1.29, 1.82) is 0 Å². The number of nitrogens with zero attached hydrogens (tertiary/aromatic N) is 6. The van der Waals surface area contributed by atoms with E-state index >= 15 is 0 Å². The molecule has 1 fully saturated rings. The van der Waals surface area contributed by atoms with Gasteiger partial charge >= 0.3 is 6.09 Å². The lowest BCUT2D eigenvalue weighted by atomic mass is 10.0. The monoisotopic (exact) mass is 1110 g/mol. The number of rotatable bonds is 15. The molecule has 15 nitrogen and oxygen atoms in total. The van der Waals surface area contributed by atoms with Crippen LogP contribution in [0.4, 0.5) is 13.6 Å². The van der Waals surface area contributed by atoms with Gasteiger partial charge in [-0.05, 0) is 100.0 Å². The first-order chi connectivity index (χ1) is 37.4. The topological polar surface area (TPSA) is 172 Å². The minimum absolute atomic E-state index is 0.00485. The average Bonchev–Trinajstić information content (AvgIpc) is 4.04. The number of aromatic hydroxyl groups is 1. The molecule has 0 spiro atoms. The van der Waals surface area contributed by atoms with Crippen LogP contribution in [0.1, 0.15) is 136 Å². The van der Waals surface area contributed by atoms with E-state index in [2.05, 4.69) is 98.0 Å². The number of ether oxygens (including phenoxy) is 1. The maximum absolute atomic E-state index is 14.3. The fourth-order valence-electron chi connectivity index (χ4n) is 12.4. The van der Waals surface area contributed by atoms with Crippen molar-refractivity contribution in [2.45, 2.75) is 129 Å². The number of imide groups is 2. The Kier molecular flexibility index (Phi) is 16.9. The van der Waals surface area contributed by atoms with Crippen molar-refractivity contribution in [1.82, 2.24) is 29.6 Å². The lowest BCUT2D eigenvalue weighted by molar-refractivity contribution is 0.0625. The number of likely N-dealkylation sites (N-methyl/N-ethyl adjacent to an activating group) is 1. The van der Waals surface area contributed by atoms with Crippen molar-refractivity contribution in [3.63, 3.8) is 0 Å². The number of phenols is 1. The lowest BCUT2D eigenvalue weighted by Gasteiger charge is -2.42.